The number of nitrogens with one attached hydrogen (secondary N) is 2. The first kappa shape index (κ1) is 20.7. The van der Waals surface area contributed by atoms with Gasteiger partial charge in [-0.15, -0.1) is 0 Å². The number of hydrogen-bond donors (Lipinski definition) is 2. The highest BCUT2D eigenvalue weighted by molar-refractivity contribution is 6.00. The van der Waals surface area contributed by atoms with Crippen molar-refractivity contribution in [3.05, 3.63) is 65.9 Å². The summed E-state index contributed by atoms with van der Waals surface area (Å²) in [5, 5.41) is 4.12. The maximum absolute atomic E-state index is 12.6. The number of hydrogen-bond acceptors (Lipinski definition) is 4. The van der Waals surface area contributed by atoms with E-state index in [2.05, 4.69) is 16.4 Å². The molecular formula is C24H25N3O4. The molecule has 31 heavy (non-hydrogen) atoms. The molecule has 1 atom stereocenters. The molecule has 0 aliphatic carbocycles. The van der Waals surface area contributed by atoms with E-state index in [1.54, 1.807) is 36.1 Å². The van der Waals surface area contributed by atoms with E-state index in [-0.39, 0.29) is 24.2 Å². The van der Waals surface area contributed by atoms with Crippen molar-refractivity contribution >= 4 is 34.4 Å². The lowest BCUT2D eigenvalue weighted by Crippen LogP contribution is -2.34. The number of aromatic nitrogens is 1. The summed E-state index contributed by atoms with van der Waals surface area (Å²) < 4.78 is 4.98. The first-order valence-corrected chi connectivity index (χ1v) is 10.5. The smallest absolute Gasteiger partial charge is 0.338 e. The van der Waals surface area contributed by atoms with E-state index < -0.39 is 5.97 Å². The number of fused-ring (bicyclic) bond motifs is 1. The van der Waals surface area contributed by atoms with Crippen molar-refractivity contribution < 1.29 is 19.1 Å². The lowest BCUT2D eigenvalue weighted by molar-refractivity contribution is -0.126. The van der Waals surface area contributed by atoms with Gasteiger partial charge in [0.2, 0.25) is 11.8 Å². The van der Waals surface area contributed by atoms with Gasteiger partial charge in [-0.3, -0.25) is 9.59 Å². The Morgan fingerprint density at radius 3 is 2.71 bits per heavy atom. The Bertz CT molecular complexity index is 1100. The van der Waals surface area contributed by atoms with Crippen molar-refractivity contribution in [3.8, 4) is 0 Å². The fourth-order valence-corrected chi connectivity index (χ4v) is 3.93. The van der Waals surface area contributed by atoms with Gasteiger partial charge in [-0.25, -0.2) is 4.79 Å². The van der Waals surface area contributed by atoms with Gasteiger partial charge in [-0.05, 0) is 49.2 Å². The fraction of sp³-hybridized carbons (Fsp3) is 0.292. The van der Waals surface area contributed by atoms with Gasteiger partial charge in [0.15, 0.2) is 0 Å². The van der Waals surface area contributed by atoms with Crippen molar-refractivity contribution in [3.63, 3.8) is 0 Å². The topological polar surface area (TPSA) is 91.5 Å². The summed E-state index contributed by atoms with van der Waals surface area (Å²) in [6.07, 6.45) is 2.87. The van der Waals surface area contributed by atoms with Gasteiger partial charge in [0.1, 0.15) is 0 Å². The summed E-state index contributed by atoms with van der Waals surface area (Å²) in [5.41, 5.74) is 3.34. The first-order valence-electron chi connectivity index (χ1n) is 10.5. The van der Waals surface area contributed by atoms with Crippen LogP contribution in [0.1, 0.15) is 29.3 Å². The fourth-order valence-electron chi connectivity index (χ4n) is 3.93. The SMILES string of the molecule is CCOC(=O)c1ccc(N2C[C@@H](C(=O)NCCc3c[nH]c4ccccc34)CC2=O)cc1. The Balaban J connectivity index is 1.32. The number of carbonyl (C=O) groups is 3. The molecule has 0 unspecified atom stereocenters. The van der Waals surface area contributed by atoms with Crippen LogP contribution in [0.25, 0.3) is 10.9 Å². The van der Waals surface area contributed by atoms with Crippen molar-refractivity contribution in [1.82, 2.24) is 10.3 Å². The summed E-state index contributed by atoms with van der Waals surface area (Å²) in [4.78, 5) is 41.7. The van der Waals surface area contributed by atoms with Crippen LogP contribution in [0.3, 0.4) is 0 Å². The molecule has 1 fully saturated rings. The third-order valence-corrected chi connectivity index (χ3v) is 5.55. The molecule has 2 heterocycles. The third kappa shape index (κ3) is 4.45. The van der Waals surface area contributed by atoms with Gasteiger partial charge in [0.25, 0.3) is 0 Å². The van der Waals surface area contributed by atoms with Gasteiger partial charge in [-0.1, -0.05) is 18.2 Å². The molecule has 1 aliphatic rings. The highest BCUT2D eigenvalue weighted by atomic mass is 16.5. The summed E-state index contributed by atoms with van der Waals surface area (Å²) in [7, 11) is 0. The second-order valence-corrected chi connectivity index (χ2v) is 7.57. The molecular weight excluding hydrogens is 394 g/mol. The van der Waals surface area contributed by atoms with Crippen molar-refractivity contribution in [2.45, 2.75) is 19.8 Å². The Morgan fingerprint density at radius 1 is 1.16 bits per heavy atom. The highest BCUT2D eigenvalue weighted by Gasteiger charge is 2.35. The molecule has 7 nitrogen and oxygen atoms in total. The summed E-state index contributed by atoms with van der Waals surface area (Å²) >= 11 is 0. The Morgan fingerprint density at radius 2 is 1.94 bits per heavy atom. The minimum absolute atomic E-state index is 0.0966. The van der Waals surface area contributed by atoms with Crippen molar-refractivity contribution in [1.29, 1.82) is 0 Å². The van der Waals surface area contributed by atoms with Crippen LogP contribution in [0.2, 0.25) is 0 Å². The average molecular weight is 419 g/mol. The number of carbonyl (C=O) groups excluding carboxylic acids is 3. The molecule has 0 bridgehead atoms. The summed E-state index contributed by atoms with van der Waals surface area (Å²) in [6.45, 7) is 2.90. The molecule has 1 aliphatic heterocycles. The second-order valence-electron chi connectivity index (χ2n) is 7.57. The van der Waals surface area contributed by atoms with E-state index in [1.807, 2.05) is 24.4 Å². The lowest BCUT2D eigenvalue weighted by Gasteiger charge is -2.17. The number of rotatable bonds is 7. The summed E-state index contributed by atoms with van der Waals surface area (Å²) in [5.74, 6) is -0.992. The molecule has 2 amide bonds. The van der Waals surface area contributed by atoms with E-state index in [4.69, 9.17) is 4.74 Å². The lowest BCUT2D eigenvalue weighted by atomic mass is 10.1. The van der Waals surface area contributed by atoms with Crippen LogP contribution in [-0.4, -0.2) is 42.5 Å². The van der Waals surface area contributed by atoms with Gasteiger partial charge in [0, 0.05) is 42.3 Å². The number of amides is 2. The van der Waals surface area contributed by atoms with Gasteiger partial charge >= 0.3 is 5.97 Å². The zero-order valence-corrected chi connectivity index (χ0v) is 17.4. The molecule has 3 aromatic rings. The third-order valence-electron chi connectivity index (χ3n) is 5.55. The zero-order chi connectivity index (χ0) is 21.8. The number of nitrogens with zero attached hydrogens (tertiary/aromatic N) is 1. The maximum Gasteiger partial charge on any atom is 0.338 e. The average Bonchev–Trinajstić information content (AvgIpc) is 3.38. The predicted octanol–water partition coefficient (Wildman–Crippen LogP) is 3.06. The molecule has 0 spiro atoms. The molecule has 1 saturated heterocycles. The Labute approximate surface area is 180 Å². The molecule has 0 radical (unpaired) electrons. The van der Waals surface area contributed by atoms with Crippen LogP contribution in [0.5, 0.6) is 0 Å². The molecule has 2 aromatic carbocycles. The van der Waals surface area contributed by atoms with Crippen LogP contribution in [0, 0.1) is 5.92 Å². The number of para-hydroxylation sites is 1. The van der Waals surface area contributed by atoms with Crippen LogP contribution < -0.4 is 10.2 Å². The molecule has 160 valence electrons. The molecule has 0 saturated carbocycles. The van der Waals surface area contributed by atoms with Crippen LogP contribution in [0.15, 0.2) is 54.7 Å². The monoisotopic (exact) mass is 419 g/mol. The number of esters is 1. The minimum Gasteiger partial charge on any atom is -0.462 e. The quantitative estimate of drug-likeness (QED) is 0.576. The number of anilines is 1. The van der Waals surface area contributed by atoms with Gasteiger partial charge in [0.05, 0.1) is 18.1 Å². The maximum atomic E-state index is 12.6. The minimum atomic E-state index is -0.394. The van der Waals surface area contributed by atoms with E-state index in [0.717, 1.165) is 22.9 Å². The summed E-state index contributed by atoms with van der Waals surface area (Å²) in [6, 6.07) is 14.8. The largest absolute Gasteiger partial charge is 0.462 e. The molecule has 4 rings (SSSR count). The van der Waals surface area contributed by atoms with Crippen molar-refractivity contribution in [2.75, 3.05) is 24.6 Å². The number of benzene rings is 2. The Hall–Kier alpha value is -3.61. The zero-order valence-electron chi connectivity index (χ0n) is 17.4. The van der Waals surface area contributed by atoms with Crippen molar-refractivity contribution in [2.24, 2.45) is 5.92 Å². The predicted molar refractivity (Wildman–Crippen MR) is 118 cm³/mol. The molecule has 1 aromatic heterocycles. The second kappa shape index (κ2) is 9.04. The van der Waals surface area contributed by atoms with E-state index in [0.29, 0.717) is 30.9 Å². The first-order chi connectivity index (χ1) is 15.1. The van der Waals surface area contributed by atoms with Crippen LogP contribution >= 0.6 is 0 Å². The highest BCUT2D eigenvalue weighted by Crippen LogP contribution is 2.26. The molecule has 2 N–H and O–H groups in total. The standard InChI is InChI=1S/C24H25N3O4/c1-2-31-24(30)16-7-9-19(10-8-16)27-15-18(13-22(27)28)23(29)25-12-11-17-14-26-21-6-4-3-5-20(17)21/h3-10,14,18,26H,2,11-13,15H2,1H3,(H,25,29)/t18-/m0/s1. The van der Waals surface area contributed by atoms with Crippen LogP contribution in [-0.2, 0) is 20.7 Å². The Kier molecular flexibility index (Phi) is 6.02. The van der Waals surface area contributed by atoms with E-state index in [9.17, 15) is 14.4 Å². The normalized spacial score (nSPS) is 16.0. The number of aromatic amines is 1. The van der Waals surface area contributed by atoms with Crippen LogP contribution in [0.4, 0.5) is 5.69 Å². The van der Waals surface area contributed by atoms with Gasteiger partial charge in [-0.2, -0.15) is 0 Å². The number of ether oxygens (including phenoxy) is 1. The number of H-pyrrole nitrogens is 1. The van der Waals surface area contributed by atoms with E-state index >= 15 is 0 Å². The molecule has 7 heteroatoms. The van der Waals surface area contributed by atoms with Gasteiger partial charge < -0.3 is 19.9 Å². The van der Waals surface area contributed by atoms with E-state index in [1.165, 1.54) is 0 Å².